The van der Waals surface area contributed by atoms with Gasteiger partial charge in [-0.25, -0.2) is 0 Å². The second kappa shape index (κ2) is 12.3. The summed E-state index contributed by atoms with van der Waals surface area (Å²) in [5.74, 6) is 0.743. The van der Waals surface area contributed by atoms with E-state index in [1.807, 2.05) is 31.2 Å². The smallest absolute Gasteiger partial charge is 0.251 e. The quantitative estimate of drug-likeness (QED) is 0.434. The Morgan fingerprint density at radius 3 is 2.37 bits per heavy atom. The molecule has 0 atom stereocenters. The molecule has 1 aromatic carbocycles. The summed E-state index contributed by atoms with van der Waals surface area (Å²) in [6.07, 6.45) is 0.931. The van der Waals surface area contributed by atoms with Crippen LogP contribution in [0.5, 0.6) is 0 Å². The van der Waals surface area contributed by atoms with Crippen LogP contribution in [0.1, 0.15) is 57.0 Å². The Balaban J connectivity index is 2.52. The summed E-state index contributed by atoms with van der Waals surface area (Å²) >= 11 is 0. The molecule has 0 aliphatic heterocycles. The number of amides is 1. The highest BCUT2D eigenvalue weighted by Crippen LogP contribution is 2.06. The van der Waals surface area contributed by atoms with Gasteiger partial charge in [0.05, 0.1) is 0 Å². The second-order valence-electron chi connectivity index (χ2n) is 7.23. The van der Waals surface area contributed by atoms with E-state index in [0.717, 1.165) is 31.0 Å². The maximum Gasteiger partial charge on any atom is 0.251 e. The van der Waals surface area contributed by atoms with E-state index >= 15 is 0 Å². The number of nitrogens with one attached hydrogen (secondary N) is 3. The lowest BCUT2D eigenvalue weighted by Crippen LogP contribution is -2.45. The number of benzene rings is 1. The Labute approximate surface area is 164 Å². The molecule has 0 unspecified atom stereocenters. The van der Waals surface area contributed by atoms with E-state index in [4.69, 9.17) is 0 Å². The lowest BCUT2D eigenvalue weighted by Gasteiger charge is -2.30. The number of guanidine groups is 1. The highest BCUT2D eigenvalue weighted by atomic mass is 16.1. The zero-order chi connectivity index (χ0) is 20.2. The fourth-order valence-corrected chi connectivity index (χ4v) is 2.99. The average Bonchev–Trinajstić information content (AvgIpc) is 2.65. The molecule has 0 fully saturated rings. The predicted molar refractivity (Wildman–Crippen MR) is 114 cm³/mol. The number of hydrogen-bond donors (Lipinski definition) is 3. The monoisotopic (exact) mass is 375 g/mol. The summed E-state index contributed by atoms with van der Waals surface area (Å²) in [5, 5.41) is 9.59. The van der Waals surface area contributed by atoms with Gasteiger partial charge in [0.25, 0.3) is 5.91 Å². The first kappa shape index (κ1) is 23.0. The van der Waals surface area contributed by atoms with Gasteiger partial charge in [-0.15, -0.1) is 0 Å². The Hall–Kier alpha value is -2.08. The summed E-state index contributed by atoms with van der Waals surface area (Å²) < 4.78 is 0. The first-order valence-corrected chi connectivity index (χ1v) is 9.96. The molecule has 1 rings (SSSR count). The van der Waals surface area contributed by atoms with Gasteiger partial charge in [-0.05, 0) is 51.8 Å². The molecule has 0 aromatic heterocycles. The lowest BCUT2D eigenvalue weighted by atomic mass is 10.1. The Morgan fingerprint density at radius 1 is 1.07 bits per heavy atom. The van der Waals surface area contributed by atoms with Crippen molar-refractivity contribution >= 4 is 11.9 Å². The van der Waals surface area contributed by atoms with Crippen LogP contribution in [-0.4, -0.2) is 55.5 Å². The van der Waals surface area contributed by atoms with E-state index < -0.39 is 0 Å². The number of nitrogens with zero attached hydrogens (tertiary/aromatic N) is 2. The minimum atomic E-state index is -0.0244. The van der Waals surface area contributed by atoms with Crippen LogP contribution in [0.2, 0.25) is 0 Å². The van der Waals surface area contributed by atoms with Crippen LogP contribution in [0.15, 0.2) is 29.3 Å². The number of carbonyl (C=O) groups is 1. The molecule has 6 heteroatoms. The molecule has 27 heavy (non-hydrogen) atoms. The van der Waals surface area contributed by atoms with E-state index in [-0.39, 0.29) is 5.91 Å². The maximum atomic E-state index is 12.1. The van der Waals surface area contributed by atoms with Gasteiger partial charge in [-0.2, -0.15) is 0 Å². The highest BCUT2D eigenvalue weighted by Gasteiger charge is 2.12. The van der Waals surface area contributed by atoms with Crippen molar-refractivity contribution < 1.29 is 4.79 Å². The number of hydrogen-bond acceptors (Lipinski definition) is 3. The molecule has 152 valence electrons. The van der Waals surface area contributed by atoms with Gasteiger partial charge < -0.3 is 16.0 Å². The van der Waals surface area contributed by atoms with Crippen molar-refractivity contribution in [2.75, 3.05) is 26.7 Å². The van der Waals surface area contributed by atoms with Crippen LogP contribution < -0.4 is 16.0 Å². The minimum absolute atomic E-state index is 0.0244. The Bertz CT molecular complexity index is 590. The van der Waals surface area contributed by atoms with Crippen molar-refractivity contribution in [3.63, 3.8) is 0 Å². The molecular formula is C21H37N5O. The van der Waals surface area contributed by atoms with E-state index in [9.17, 15) is 4.79 Å². The molecule has 1 amide bonds. The van der Waals surface area contributed by atoms with Gasteiger partial charge in [0.1, 0.15) is 0 Å². The molecule has 3 N–H and O–H groups in total. The molecule has 0 bridgehead atoms. The van der Waals surface area contributed by atoms with Crippen molar-refractivity contribution in [2.45, 2.75) is 59.7 Å². The maximum absolute atomic E-state index is 12.1. The molecule has 0 saturated heterocycles. The SMILES string of the molecule is CCCNC(=O)c1cccc(CNC(=NC)NCCN(C(C)C)C(C)C)c1. The molecule has 0 heterocycles. The topological polar surface area (TPSA) is 68.8 Å². The highest BCUT2D eigenvalue weighted by molar-refractivity contribution is 5.94. The molecule has 0 saturated carbocycles. The zero-order valence-corrected chi connectivity index (χ0v) is 17.8. The van der Waals surface area contributed by atoms with Crippen molar-refractivity contribution in [1.29, 1.82) is 0 Å². The summed E-state index contributed by atoms with van der Waals surface area (Å²) in [6, 6.07) is 8.72. The molecular weight excluding hydrogens is 338 g/mol. The molecule has 0 spiro atoms. The standard InChI is InChI=1S/C21H37N5O/c1-7-11-23-20(27)19-10-8-9-18(14-19)15-25-21(22-6)24-12-13-26(16(2)3)17(4)5/h8-10,14,16-17H,7,11-13,15H2,1-6H3,(H,23,27)(H2,22,24,25). The van der Waals surface area contributed by atoms with Gasteiger partial charge in [0.15, 0.2) is 5.96 Å². The van der Waals surface area contributed by atoms with Gasteiger partial charge in [0.2, 0.25) is 0 Å². The number of aliphatic imine (C=N–C) groups is 1. The first-order valence-electron chi connectivity index (χ1n) is 9.96. The summed E-state index contributed by atoms with van der Waals surface area (Å²) in [6.45, 7) is 14.0. The van der Waals surface area contributed by atoms with Crippen molar-refractivity contribution in [3.05, 3.63) is 35.4 Å². The van der Waals surface area contributed by atoms with Crippen LogP contribution in [0.3, 0.4) is 0 Å². The van der Waals surface area contributed by atoms with Crippen LogP contribution in [0.25, 0.3) is 0 Å². The van der Waals surface area contributed by atoms with Crippen LogP contribution >= 0.6 is 0 Å². The Morgan fingerprint density at radius 2 is 1.78 bits per heavy atom. The van der Waals surface area contributed by atoms with Crippen molar-refractivity contribution in [3.8, 4) is 0 Å². The summed E-state index contributed by atoms with van der Waals surface area (Å²) in [4.78, 5) is 18.8. The van der Waals surface area contributed by atoms with Crippen molar-refractivity contribution in [1.82, 2.24) is 20.9 Å². The van der Waals surface area contributed by atoms with E-state index in [0.29, 0.717) is 30.7 Å². The van der Waals surface area contributed by atoms with E-state index in [2.05, 4.69) is 53.5 Å². The molecule has 0 radical (unpaired) electrons. The lowest BCUT2D eigenvalue weighted by molar-refractivity contribution is 0.0953. The normalized spacial score (nSPS) is 12.0. The third kappa shape index (κ3) is 8.43. The largest absolute Gasteiger partial charge is 0.355 e. The average molecular weight is 376 g/mol. The van der Waals surface area contributed by atoms with Crippen molar-refractivity contribution in [2.24, 2.45) is 4.99 Å². The third-order valence-electron chi connectivity index (χ3n) is 4.40. The summed E-state index contributed by atoms with van der Waals surface area (Å²) in [7, 11) is 1.77. The predicted octanol–water partition coefficient (Wildman–Crippen LogP) is 2.61. The first-order chi connectivity index (χ1) is 12.9. The van der Waals surface area contributed by atoms with Crippen LogP contribution in [0, 0.1) is 0 Å². The van der Waals surface area contributed by atoms with Gasteiger partial charge in [-0.1, -0.05) is 19.1 Å². The zero-order valence-electron chi connectivity index (χ0n) is 17.8. The molecule has 0 aliphatic carbocycles. The van der Waals surface area contributed by atoms with E-state index in [1.54, 1.807) is 7.05 Å². The molecule has 6 nitrogen and oxygen atoms in total. The van der Waals surface area contributed by atoms with Crippen LogP contribution in [-0.2, 0) is 6.54 Å². The Kier molecular flexibility index (Phi) is 10.5. The summed E-state index contributed by atoms with van der Waals surface area (Å²) in [5.41, 5.74) is 1.74. The number of rotatable bonds is 10. The molecule has 0 aliphatic rings. The fourth-order valence-electron chi connectivity index (χ4n) is 2.99. The third-order valence-corrected chi connectivity index (χ3v) is 4.40. The van der Waals surface area contributed by atoms with E-state index in [1.165, 1.54) is 0 Å². The minimum Gasteiger partial charge on any atom is -0.355 e. The van der Waals surface area contributed by atoms with Gasteiger partial charge in [-0.3, -0.25) is 14.7 Å². The van der Waals surface area contributed by atoms with Gasteiger partial charge >= 0.3 is 0 Å². The molecule has 1 aromatic rings. The number of carbonyl (C=O) groups excluding carboxylic acids is 1. The van der Waals surface area contributed by atoms with Gasteiger partial charge in [0, 0.05) is 50.9 Å². The second-order valence-corrected chi connectivity index (χ2v) is 7.23. The fraction of sp³-hybridized carbons (Fsp3) is 0.619. The van der Waals surface area contributed by atoms with Crippen LogP contribution in [0.4, 0.5) is 0 Å².